The second-order valence-electron chi connectivity index (χ2n) is 5.32. The van der Waals surface area contributed by atoms with E-state index in [-0.39, 0.29) is 21.5 Å². The number of nitrogens with zero attached hydrogens (tertiary/aromatic N) is 1. The van der Waals surface area contributed by atoms with E-state index < -0.39 is 11.8 Å². The van der Waals surface area contributed by atoms with Crippen LogP contribution in [0, 0.1) is 11.7 Å². The maximum atomic E-state index is 13.9. The fraction of sp³-hybridized carbons (Fsp3) is 0.333. The molecule has 20 heavy (non-hydrogen) atoms. The maximum absolute atomic E-state index is 13.9. The number of carboxylic acid groups (broad SMARTS) is 1. The molecule has 1 unspecified atom stereocenters. The number of hydrogen-bond donors (Lipinski definition) is 1. The highest BCUT2D eigenvalue weighted by atomic mass is 35.5. The molecule has 1 atom stereocenters. The first-order valence-corrected chi connectivity index (χ1v) is 6.89. The SMILES string of the molecule is CC1CCc2nc3c(F)ccc(Cl)c3c(C(=O)O)c2C1. The summed E-state index contributed by atoms with van der Waals surface area (Å²) in [5.41, 5.74) is 1.56. The van der Waals surface area contributed by atoms with Crippen molar-refractivity contribution < 1.29 is 14.3 Å². The lowest BCUT2D eigenvalue weighted by Crippen LogP contribution is -2.18. The third kappa shape index (κ3) is 1.95. The van der Waals surface area contributed by atoms with Crippen molar-refractivity contribution in [1.29, 1.82) is 0 Å². The number of benzene rings is 1. The molecule has 0 bridgehead atoms. The van der Waals surface area contributed by atoms with E-state index in [2.05, 4.69) is 11.9 Å². The Morgan fingerprint density at radius 2 is 2.25 bits per heavy atom. The average molecular weight is 294 g/mol. The van der Waals surface area contributed by atoms with Gasteiger partial charge in [-0.1, -0.05) is 18.5 Å². The minimum absolute atomic E-state index is 0.0585. The van der Waals surface area contributed by atoms with Gasteiger partial charge in [0.2, 0.25) is 0 Å². The molecule has 0 amide bonds. The molecule has 0 saturated carbocycles. The number of carboxylic acids is 1. The quantitative estimate of drug-likeness (QED) is 0.869. The van der Waals surface area contributed by atoms with Gasteiger partial charge in [-0.05, 0) is 42.9 Å². The van der Waals surface area contributed by atoms with Crippen LogP contribution in [-0.2, 0) is 12.8 Å². The molecule has 1 aromatic heterocycles. The van der Waals surface area contributed by atoms with E-state index in [1.54, 1.807) is 0 Å². The van der Waals surface area contributed by atoms with Crippen molar-refractivity contribution in [2.24, 2.45) is 5.92 Å². The molecule has 1 aromatic carbocycles. The Balaban J connectivity index is 2.46. The monoisotopic (exact) mass is 293 g/mol. The molecule has 3 rings (SSSR count). The molecule has 1 heterocycles. The standard InChI is InChI=1S/C15H13ClFNO2/c1-7-2-5-11-8(6-7)12(15(19)20)13-9(16)3-4-10(17)14(13)18-11/h3-4,7H,2,5-6H2,1H3,(H,19,20). The van der Waals surface area contributed by atoms with Gasteiger partial charge in [-0.25, -0.2) is 14.2 Å². The predicted octanol–water partition coefficient (Wildman–Crippen LogP) is 3.85. The van der Waals surface area contributed by atoms with Gasteiger partial charge in [0, 0.05) is 11.1 Å². The Labute approximate surface area is 120 Å². The molecular weight excluding hydrogens is 281 g/mol. The van der Waals surface area contributed by atoms with Gasteiger partial charge in [0.05, 0.1) is 10.6 Å². The van der Waals surface area contributed by atoms with Gasteiger partial charge in [0.1, 0.15) is 11.3 Å². The molecule has 0 fully saturated rings. The summed E-state index contributed by atoms with van der Waals surface area (Å²) in [5.74, 6) is -1.21. The Bertz CT molecular complexity index is 730. The van der Waals surface area contributed by atoms with E-state index in [0.717, 1.165) is 6.42 Å². The lowest BCUT2D eigenvalue weighted by molar-refractivity contribution is 0.0697. The second kappa shape index (κ2) is 4.70. The number of rotatable bonds is 1. The van der Waals surface area contributed by atoms with E-state index >= 15 is 0 Å². The molecule has 0 saturated heterocycles. The first-order chi connectivity index (χ1) is 9.49. The number of aryl methyl sites for hydroxylation is 1. The Kier molecular flexibility index (Phi) is 3.13. The summed E-state index contributed by atoms with van der Waals surface area (Å²) in [7, 11) is 0. The fourth-order valence-corrected chi connectivity index (χ4v) is 3.13. The molecule has 2 aromatic rings. The summed E-state index contributed by atoms with van der Waals surface area (Å²) < 4.78 is 13.9. The smallest absolute Gasteiger partial charge is 0.336 e. The number of hydrogen-bond acceptors (Lipinski definition) is 2. The molecule has 3 nitrogen and oxygen atoms in total. The van der Waals surface area contributed by atoms with Crippen molar-refractivity contribution in [2.45, 2.75) is 26.2 Å². The molecule has 0 aliphatic heterocycles. The molecule has 1 aliphatic rings. The molecule has 104 valence electrons. The van der Waals surface area contributed by atoms with Crippen molar-refractivity contribution in [1.82, 2.24) is 4.98 Å². The van der Waals surface area contributed by atoms with Crippen molar-refractivity contribution in [2.75, 3.05) is 0 Å². The van der Waals surface area contributed by atoms with E-state index in [0.29, 0.717) is 30.0 Å². The van der Waals surface area contributed by atoms with Crippen LogP contribution in [0.1, 0.15) is 35.0 Å². The van der Waals surface area contributed by atoms with Crippen molar-refractivity contribution in [3.8, 4) is 0 Å². The van der Waals surface area contributed by atoms with Crippen molar-refractivity contribution >= 4 is 28.5 Å². The highest BCUT2D eigenvalue weighted by Gasteiger charge is 2.27. The Morgan fingerprint density at radius 1 is 1.50 bits per heavy atom. The van der Waals surface area contributed by atoms with Crippen LogP contribution < -0.4 is 0 Å². The van der Waals surface area contributed by atoms with Crippen LogP contribution in [-0.4, -0.2) is 16.1 Å². The van der Waals surface area contributed by atoms with Gasteiger partial charge >= 0.3 is 5.97 Å². The number of halogens is 2. The molecular formula is C15H13ClFNO2. The van der Waals surface area contributed by atoms with Crippen molar-refractivity contribution in [3.63, 3.8) is 0 Å². The van der Waals surface area contributed by atoms with Crippen LogP contribution >= 0.6 is 11.6 Å². The number of aromatic carboxylic acids is 1. The lowest BCUT2D eigenvalue weighted by atomic mass is 9.84. The van der Waals surface area contributed by atoms with Crippen LogP contribution in [0.5, 0.6) is 0 Å². The summed E-state index contributed by atoms with van der Waals surface area (Å²) in [5, 5.41) is 9.98. The number of carbonyl (C=O) groups is 1. The van der Waals surface area contributed by atoms with E-state index in [1.807, 2.05) is 0 Å². The summed E-state index contributed by atoms with van der Waals surface area (Å²) in [6, 6.07) is 2.60. The van der Waals surface area contributed by atoms with E-state index in [9.17, 15) is 14.3 Å². The van der Waals surface area contributed by atoms with Crippen LogP contribution in [0.2, 0.25) is 5.02 Å². The van der Waals surface area contributed by atoms with Gasteiger partial charge in [-0.2, -0.15) is 0 Å². The van der Waals surface area contributed by atoms with Crippen LogP contribution in [0.3, 0.4) is 0 Å². The summed E-state index contributed by atoms with van der Waals surface area (Å²) >= 11 is 6.09. The van der Waals surface area contributed by atoms with E-state index in [4.69, 9.17) is 11.6 Å². The zero-order valence-electron chi connectivity index (χ0n) is 10.9. The third-order valence-corrected chi connectivity index (χ3v) is 4.18. The highest BCUT2D eigenvalue weighted by molar-refractivity contribution is 6.36. The zero-order valence-corrected chi connectivity index (χ0v) is 11.7. The number of aromatic nitrogens is 1. The topological polar surface area (TPSA) is 50.2 Å². The van der Waals surface area contributed by atoms with Crippen LogP contribution in [0.25, 0.3) is 10.9 Å². The number of pyridine rings is 1. The summed E-state index contributed by atoms with van der Waals surface area (Å²) in [4.78, 5) is 16.0. The minimum Gasteiger partial charge on any atom is -0.478 e. The Hall–Kier alpha value is -1.68. The van der Waals surface area contributed by atoms with Crippen molar-refractivity contribution in [3.05, 3.63) is 39.8 Å². The largest absolute Gasteiger partial charge is 0.478 e. The normalized spacial score (nSPS) is 18.1. The molecule has 0 radical (unpaired) electrons. The summed E-state index contributed by atoms with van der Waals surface area (Å²) in [6.07, 6.45) is 2.26. The van der Waals surface area contributed by atoms with Crippen LogP contribution in [0.4, 0.5) is 4.39 Å². The fourth-order valence-electron chi connectivity index (χ4n) is 2.88. The molecule has 0 spiro atoms. The minimum atomic E-state index is -1.07. The van der Waals surface area contributed by atoms with Gasteiger partial charge < -0.3 is 5.11 Å². The molecule has 5 heteroatoms. The first-order valence-electron chi connectivity index (χ1n) is 6.51. The number of fused-ring (bicyclic) bond motifs is 2. The highest BCUT2D eigenvalue weighted by Crippen LogP contribution is 2.35. The van der Waals surface area contributed by atoms with Gasteiger partial charge in [-0.15, -0.1) is 0 Å². The zero-order chi connectivity index (χ0) is 14.4. The van der Waals surface area contributed by atoms with Crippen LogP contribution in [0.15, 0.2) is 12.1 Å². The lowest BCUT2D eigenvalue weighted by Gasteiger charge is -2.23. The second-order valence-corrected chi connectivity index (χ2v) is 5.73. The Morgan fingerprint density at radius 3 is 2.95 bits per heavy atom. The summed E-state index contributed by atoms with van der Waals surface area (Å²) in [6.45, 7) is 2.08. The van der Waals surface area contributed by atoms with E-state index in [1.165, 1.54) is 12.1 Å². The third-order valence-electron chi connectivity index (χ3n) is 3.87. The molecule has 1 aliphatic carbocycles. The predicted molar refractivity (Wildman–Crippen MR) is 74.9 cm³/mol. The van der Waals surface area contributed by atoms with Gasteiger partial charge in [0.25, 0.3) is 0 Å². The van der Waals surface area contributed by atoms with Gasteiger partial charge in [-0.3, -0.25) is 0 Å². The molecule has 1 N–H and O–H groups in total. The maximum Gasteiger partial charge on any atom is 0.336 e. The average Bonchev–Trinajstić information content (AvgIpc) is 2.40. The first kappa shape index (κ1) is 13.3. The van der Waals surface area contributed by atoms with Gasteiger partial charge in [0.15, 0.2) is 0 Å².